The molecule has 0 spiro atoms. The van der Waals surface area contributed by atoms with Gasteiger partial charge in [0.2, 0.25) is 0 Å². The molecule has 1 aromatic rings. The highest BCUT2D eigenvalue weighted by Gasteiger charge is 2.27. The Kier molecular flexibility index (Phi) is 5.94. The van der Waals surface area contributed by atoms with Crippen molar-refractivity contribution in [2.75, 3.05) is 33.9 Å². The molecule has 1 aromatic carbocycles. The molecule has 2 rings (SSSR count). The minimum Gasteiger partial charge on any atom is -0.497 e. The Morgan fingerprint density at radius 3 is 2.67 bits per heavy atom. The van der Waals surface area contributed by atoms with Gasteiger partial charge >= 0.3 is 6.09 Å². The van der Waals surface area contributed by atoms with Gasteiger partial charge in [-0.1, -0.05) is 0 Å². The number of hydrogen-bond acceptors (Lipinski definition) is 5. The van der Waals surface area contributed by atoms with Crippen molar-refractivity contribution in [1.29, 1.82) is 0 Å². The van der Waals surface area contributed by atoms with Gasteiger partial charge < -0.3 is 24.4 Å². The first-order chi connectivity index (χ1) is 11.3. The molecule has 0 aromatic heterocycles. The summed E-state index contributed by atoms with van der Waals surface area (Å²) in [7, 11) is 3.31. The second-order valence-corrected chi connectivity index (χ2v) is 6.96. The normalized spacial score (nSPS) is 18.2. The van der Waals surface area contributed by atoms with E-state index in [2.05, 4.69) is 5.32 Å². The highest BCUT2D eigenvalue weighted by Crippen LogP contribution is 2.25. The summed E-state index contributed by atoms with van der Waals surface area (Å²) in [5.74, 6) is 1.62. The first kappa shape index (κ1) is 18.4. The van der Waals surface area contributed by atoms with E-state index in [4.69, 9.17) is 14.2 Å². The lowest BCUT2D eigenvalue weighted by atomic mass is 10.0. The molecule has 1 aliphatic rings. The van der Waals surface area contributed by atoms with Gasteiger partial charge in [0.1, 0.15) is 17.1 Å². The Morgan fingerprint density at radius 1 is 1.29 bits per heavy atom. The molecule has 1 atom stereocenters. The molecule has 0 radical (unpaired) electrons. The van der Waals surface area contributed by atoms with Gasteiger partial charge in [0.25, 0.3) is 0 Å². The average molecular weight is 336 g/mol. The predicted octanol–water partition coefficient (Wildman–Crippen LogP) is 2.46. The van der Waals surface area contributed by atoms with Crippen LogP contribution in [0.5, 0.6) is 11.5 Å². The van der Waals surface area contributed by atoms with Crippen LogP contribution in [0.2, 0.25) is 0 Å². The largest absolute Gasteiger partial charge is 0.497 e. The van der Waals surface area contributed by atoms with Crippen LogP contribution >= 0.6 is 0 Å². The van der Waals surface area contributed by atoms with Gasteiger partial charge in [-0.15, -0.1) is 0 Å². The lowest BCUT2D eigenvalue weighted by molar-refractivity contribution is 0.0195. The van der Waals surface area contributed by atoms with E-state index >= 15 is 0 Å². The summed E-state index contributed by atoms with van der Waals surface area (Å²) >= 11 is 0. The molecule has 1 amide bonds. The van der Waals surface area contributed by atoms with Crippen molar-refractivity contribution in [2.45, 2.75) is 38.8 Å². The third-order valence-corrected chi connectivity index (χ3v) is 3.86. The van der Waals surface area contributed by atoms with E-state index in [1.54, 1.807) is 19.1 Å². The molecule has 1 heterocycles. The SMILES string of the molecule is COc1ccc(OC)c(C[C@@H]2CN(C(=O)OC(C)(C)C)CCN2)c1. The number of carbonyl (C=O) groups is 1. The first-order valence-electron chi connectivity index (χ1n) is 8.24. The fourth-order valence-corrected chi connectivity index (χ4v) is 2.76. The van der Waals surface area contributed by atoms with Crippen molar-refractivity contribution in [3.63, 3.8) is 0 Å². The Labute approximate surface area is 144 Å². The van der Waals surface area contributed by atoms with Crippen LogP contribution in [0.15, 0.2) is 18.2 Å². The number of piperazine rings is 1. The van der Waals surface area contributed by atoms with Crippen molar-refractivity contribution in [1.82, 2.24) is 10.2 Å². The predicted molar refractivity (Wildman–Crippen MR) is 92.8 cm³/mol. The van der Waals surface area contributed by atoms with E-state index in [1.807, 2.05) is 39.0 Å². The summed E-state index contributed by atoms with van der Waals surface area (Å²) < 4.78 is 16.2. The number of rotatable bonds is 4. The maximum Gasteiger partial charge on any atom is 0.410 e. The maximum atomic E-state index is 12.3. The molecule has 0 unspecified atom stereocenters. The Morgan fingerprint density at radius 2 is 2.04 bits per heavy atom. The quantitative estimate of drug-likeness (QED) is 0.915. The van der Waals surface area contributed by atoms with E-state index in [1.165, 1.54) is 0 Å². The summed E-state index contributed by atoms with van der Waals surface area (Å²) in [6, 6.07) is 5.91. The molecule has 6 nitrogen and oxygen atoms in total. The summed E-state index contributed by atoms with van der Waals surface area (Å²) in [5.41, 5.74) is 0.577. The topological polar surface area (TPSA) is 60.0 Å². The van der Waals surface area contributed by atoms with E-state index in [9.17, 15) is 4.79 Å². The smallest absolute Gasteiger partial charge is 0.410 e. The van der Waals surface area contributed by atoms with Crippen LogP contribution in [0.3, 0.4) is 0 Å². The second-order valence-electron chi connectivity index (χ2n) is 6.96. The maximum absolute atomic E-state index is 12.3. The minimum absolute atomic E-state index is 0.146. The van der Waals surface area contributed by atoms with Crippen LogP contribution < -0.4 is 14.8 Å². The standard InChI is InChI=1S/C18H28N2O4/c1-18(2,3)24-17(21)20-9-8-19-14(12-20)10-13-11-15(22-4)6-7-16(13)23-5/h6-7,11,14,19H,8-10,12H2,1-5H3/t14-/m1/s1. The molecule has 0 bridgehead atoms. The van der Waals surface area contributed by atoms with E-state index in [0.29, 0.717) is 13.1 Å². The molecule has 24 heavy (non-hydrogen) atoms. The van der Waals surface area contributed by atoms with E-state index < -0.39 is 5.60 Å². The van der Waals surface area contributed by atoms with Crippen LogP contribution in [-0.4, -0.2) is 56.5 Å². The zero-order valence-electron chi connectivity index (χ0n) is 15.2. The molecule has 6 heteroatoms. The third-order valence-electron chi connectivity index (χ3n) is 3.86. The molecule has 1 fully saturated rings. The molecule has 134 valence electrons. The van der Waals surface area contributed by atoms with Crippen molar-refractivity contribution < 1.29 is 19.0 Å². The van der Waals surface area contributed by atoms with Crippen molar-refractivity contribution in [3.05, 3.63) is 23.8 Å². The number of methoxy groups -OCH3 is 2. The number of benzene rings is 1. The highest BCUT2D eigenvalue weighted by molar-refractivity contribution is 5.68. The first-order valence-corrected chi connectivity index (χ1v) is 8.24. The summed E-state index contributed by atoms with van der Waals surface area (Å²) in [5, 5.41) is 3.46. The molecule has 1 N–H and O–H groups in total. The summed E-state index contributed by atoms with van der Waals surface area (Å²) in [4.78, 5) is 14.0. The lowest BCUT2D eigenvalue weighted by Gasteiger charge is -2.35. The number of amides is 1. The van der Waals surface area contributed by atoms with Crippen molar-refractivity contribution in [3.8, 4) is 11.5 Å². The number of nitrogens with zero attached hydrogens (tertiary/aromatic N) is 1. The van der Waals surface area contributed by atoms with Gasteiger partial charge in [0, 0.05) is 25.7 Å². The highest BCUT2D eigenvalue weighted by atomic mass is 16.6. The molecule has 1 aliphatic heterocycles. The van der Waals surface area contributed by atoms with Gasteiger partial charge in [-0.05, 0) is 51.0 Å². The van der Waals surface area contributed by atoms with Crippen molar-refractivity contribution in [2.24, 2.45) is 0 Å². The zero-order chi connectivity index (χ0) is 17.7. The Bertz CT molecular complexity index is 569. The van der Waals surface area contributed by atoms with Crippen molar-refractivity contribution >= 4 is 6.09 Å². The van der Waals surface area contributed by atoms with Gasteiger partial charge in [-0.25, -0.2) is 4.79 Å². The zero-order valence-corrected chi connectivity index (χ0v) is 15.2. The molecule has 1 saturated heterocycles. The minimum atomic E-state index is -0.479. The number of ether oxygens (including phenoxy) is 3. The van der Waals surface area contributed by atoms with Crippen LogP contribution in [0, 0.1) is 0 Å². The number of carbonyl (C=O) groups excluding carboxylic acids is 1. The van der Waals surface area contributed by atoms with Crippen LogP contribution in [0.4, 0.5) is 4.79 Å². The van der Waals surface area contributed by atoms with Crippen LogP contribution in [0.1, 0.15) is 26.3 Å². The van der Waals surface area contributed by atoms with E-state index in [-0.39, 0.29) is 12.1 Å². The number of nitrogens with one attached hydrogen (secondary N) is 1. The van der Waals surface area contributed by atoms with E-state index in [0.717, 1.165) is 30.0 Å². The molecule has 0 aliphatic carbocycles. The monoisotopic (exact) mass is 336 g/mol. The number of hydrogen-bond donors (Lipinski definition) is 1. The van der Waals surface area contributed by atoms with Crippen LogP contribution in [-0.2, 0) is 11.2 Å². The van der Waals surface area contributed by atoms with Gasteiger partial charge in [0.15, 0.2) is 0 Å². The van der Waals surface area contributed by atoms with Gasteiger partial charge in [0.05, 0.1) is 14.2 Å². The molecular formula is C18H28N2O4. The fourth-order valence-electron chi connectivity index (χ4n) is 2.76. The Hall–Kier alpha value is -1.95. The molecule has 0 saturated carbocycles. The second kappa shape index (κ2) is 7.75. The van der Waals surface area contributed by atoms with Gasteiger partial charge in [-0.3, -0.25) is 0 Å². The summed E-state index contributed by atoms with van der Waals surface area (Å²) in [6.07, 6.45) is 0.492. The molecular weight excluding hydrogens is 308 g/mol. The third kappa shape index (κ3) is 5.03. The van der Waals surface area contributed by atoms with Crippen LogP contribution in [0.25, 0.3) is 0 Å². The van der Waals surface area contributed by atoms with Gasteiger partial charge in [-0.2, -0.15) is 0 Å². The fraction of sp³-hybridized carbons (Fsp3) is 0.611. The Balaban J connectivity index is 2.04. The average Bonchev–Trinajstić information content (AvgIpc) is 2.53. The lowest BCUT2D eigenvalue weighted by Crippen LogP contribution is -2.54. The summed E-state index contributed by atoms with van der Waals surface area (Å²) in [6.45, 7) is 7.65.